The molecule has 8 nitrogen and oxygen atoms in total. The third kappa shape index (κ3) is 5.17. The van der Waals surface area contributed by atoms with Gasteiger partial charge >= 0.3 is 12.1 Å². The van der Waals surface area contributed by atoms with Gasteiger partial charge < -0.3 is 25.2 Å². The average Bonchev–Trinajstić information content (AvgIpc) is 3.17. The molecular weight excluding hydrogens is 448 g/mol. The zero-order valence-corrected chi connectivity index (χ0v) is 20.1. The lowest BCUT2D eigenvalue weighted by atomic mass is 9.87. The van der Waals surface area contributed by atoms with E-state index in [1.807, 2.05) is 38.1 Å². The molecule has 2 amide bonds. The third-order valence-electron chi connectivity index (χ3n) is 7.07. The molecule has 0 radical (unpaired) electrons. The van der Waals surface area contributed by atoms with E-state index in [1.165, 1.54) is 0 Å². The number of carboxylic acid groups (broad SMARTS) is 1. The number of hydrogen-bond donors (Lipinski definition) is 3. The van der Waals surface area contributed by atoms with Crippen molar-refractivity contribution in [2.75, 3.05) is 26.4 Å². The van der Waals surface area contributed by atoms with Gasteiger partial charge in [-0.25, -0.2) is 9.59 Å². The number of amides is 2. The van der Waals surface area contributed by atoms with E-state index in [0.29, 0.717) is 0 Å². The highest BCUT2D eigenvalue weighted by atomic mass is 16.5. The van der Waals surface area contributed by atoms with Crippen LogP contribution in [0.1, 0.15) is 43.7 Å². The Bertz CT molecular complexity index is 1050. The molecule has 1 atom stereocenters. The number of carbonyl (C=O) groups is 3. The number of carboxylic acids is 1. The van der Waals surface area contributed by atoms with Crippen molar-refractivity contribution in [1.29, 1.82) is 0 Å². The van der Waals surface area contributed by atoms with Crippen LogP contribution in [0.15, 0.2) is 48.5 Å². The number of fused-ring (bicyclic) bond motifs is 3. The lowest BCUT2D eigenvalue weighted by Crippen LogP contribution is -2.59. The minimum atomic E-state index is -1.34. The summed E-state index contributed by atoms with van der Waals surface area (Å²) in [5.41, 5.74) is 3.20. The number of rotatable bonds is 8. The normalized spacial score (nSPS) is 17.2. The molecule has 8 heteroatoms. The summed E-state index contributed by atoms with van der Waals surface area (Å²) in [6.45, 7) is 4.50. The summed E-state index contributed by atoms with van der Waals surface area (Å²) >= 11 is 0. The van der Waals surface area contributed by atoms with Gasteiger partial charge in [0.25, 0.3) is 0 Å². The van der Waals surface area contributed by atoms with Crippen molar-refractivity contribution in [2.24, 2.45) is 11.8 Å². The number of nitrogens with one attached hydrogen (secondary N) is 2. The van der Waals surface area contributed by atoms with Crippen LogP contribution in [0.4, 0.5) is 4.79 Å². The van der Waals surface area contributed by atoms with Crippen LogP contribution in [0.25, 0.3) is 11.1 Å². The Morgan fingerprint density at radius 1 is 1.03 bits per heavy atom. The Balaban J connectivity index is 1.36. The van der Waals surface area contributed by atoms with E-state index in [-0.39, 0.29) is 51.0 Å². The van der Waals surface area contributed by atoms with Crippen LogP contribution in [-0.2, 0) is 19.1 Å². The summed E-state index contributed by atoms with van der Waals surface area (Å²) in [6, 6.07) is 16.2. The summed E-state index contributed by atoms with van der Waals surface area (Å²) in [7, 11) is 0. The first-order valence-corrected chi connectivity index (χ1v) is 12.0. The number of aliphatic carboxylic acids is 1. The number of hydrogen-bond acceptors (Lipinski definition) is 5. The summed E-state index contributed by atoms with van der Waals surface area (Å²) < 4.78 is 10.8. The fourth-order valence-corrected chi connectivity index (χ4v) is 4.91. The summed E-state index contributed by atoms with van der Waals surface area (Å²) in [4.78, 5) is 37.5. The lowest BCUT2D eigenvalue weighted by Gasteiger charge is -2.35. The number of carbonyl (C=O) groups excluding carboxylic acids is 2. The summed E-state index contributed by atoms with van der Waals surface area (Å²) in [5.74, 6) is -2.24. The van der Waals surface area contributed by atoms with Crippen LogP contribution in [0.2, 0.25) is 0 Å². The molecule has 1 fully saturated rings. The molecule has 0 spiro atoms. The second kappa shape index (κ2) is 10.5. The van der Waals surface area contributed by atoms with Crippen LogP contribution in [0.3, 0.4) is 0 Å². The second-order valence-electron chi connectivity index (χ2n) is 9.55. The van der Waals surface area contributed by atoms with Gasteiger partial charge in [-0.3, -0.25) is 4.79 Å². The van der Waals surface area contributed by atoms with E-state index in [9.17, 15) is 19.5 Å². The first kappa shape index (κ1) is 24.7. The minimum Gasteiger partial charge on any atom is -0.480 e. The summed E-state index contributed by atoms with van der Waals surface area (Å²) in [6.07, 6.45) is -0.193. The lowest BCUT2D eigenvalue weighted by molar-refractivity contribution is -0.153. The predicted molar refractivity (Wildman–Crippen MR) is 130 cm³/mol. The van der Waals surface area contributed by atoms with Gasteiger partial charge in [0.1, 0.15) is 12.1 Å². The van der Waals surface area contributed by atoms with Crippen LogP contribution < -0.4 is 10.6 Å². The molecule has 1 saturated heterocycles. The molecule has 1 unspecified atom stereocenters. The van der Waals surface area contributed by atoms with Crippen molar-refractivity contribution in [3.8, 4) is 11.1 Å². The third-order valence-corrected chi connectivity index (χ3v) is 7.07. The van der Waals surface area contributed by atoms with Gasteiger partial charge in [-0.2, -0.15) is 0 Å². The van der Waals surface area contributed by atoms with Crippen molar-refractivity contribution in [3.63, 3.8) is 0 Å². The fraction of sp³-hybridized carbons (Fsp3) is 0.444. The minimum absolute atomic E-state index is 0.0480. The van der Waals surface area contributed by atoms with Crippen molar-refractivity contribution in [2.45, 2.75) is 38.1 Å². The zero-order chi connectivity index (χ0) is 25.0. The topological polar surface area (TPSA) is 114 Å². The zero-order valence-electron chi connectivity index (χ0n) is 20.1. The number of benzene rings is 2. The maximum atomic E-state index is 13.0. The molecule has 0 aromatic heterocycles. The van der Waals surface area contributed by atoms with Crippen LogP contribution in [0, 0.1) is 11.8 Å². The Morgan fingerprint density at radius 3 is 2.14 bits per heavy atom. The number of ether oxygens (including phenoxy) is 2. The standard InChI is InChI=1S/C27H32N2O6/c1-17(2)22(24(30)29-27(25(31)32)11-13-34-14-12-27)15-28-26(33)35-16-23-20-9-5-3-7-18(20)19-8-4-6-10-21(19)23/h3-10,17,22-23H,11-16H2,1-2H3,(H,28,33)(H,29,30)(H,31,32). The predicted octanol–water partition coefficient (Wildman–Crippen LogP) is 3.55. The highest BCUT2D eigenvalue weighted by molar-refractivity contribution is 5.88. The number of alkyl carbamates (subject to hydrolysis) is 1. The molecule has 186 valence electrons. The maximum Gasteiger partial charge on any atom is 0.407 e. The van der Waals surface area contributed by atoms with Gasteiger partial charge in [0.15, 0.2) is 0 Å². The van der Waals surface area contributed by atoms with Gasteiger partial charge in [0.05, 0.1) is 5.92 Å². The van der Waals surface area contributed by atoms with Crippen LogP contribution in [-0.4, -0.2) is 55.0 Å². The molecule has 2 aliphatic rings. The van der Waals surface area contributed by atoms with Crippen molar-refractivity contribution >= 4 is 18.0 Å². The van der Waals surface area contributed by atoms with Crippen LogP contribution in [0.5, 0.6) is 0 Å². The molecule has 0 bridgehead atoms. The van der Waals surface area contributed by atoms with Gasteiger partial charge in [-0.1, -0.05) is 62.4 Å². The molecule has 2 aromatic rings. The Kier molecular flexibility index (Phi) is 7.40. The molecule has 4 rings (SSSR count). The van der Waals surface area contributed by atoms with E-state index in [1.54, 1.807) is 0 Å². The molecule has 35 heavy (non-hydrogen) atoms. The van der Waals surface area contributed by atoms with Gasteiger partial charge in [-0.05, 0) is 28.2 Å². The molecule has 2 aromatic carbocycles. The molecular formula is C27H32N2O6. The maximum absolute atomic E-state index is 13.0. The van der Waals surface area contributed by atoms with Gasteiger partial charge in [-0.15, -0.1) is 0 Å². The molecule has 1 aliphatic carbocycles. The highest BCUT2D eigenvalue weighted by Crippen LogP contribution is 2.44. The van der Waals surface area contributed by atoms with Crippen LogP contribution >= 0.6 is 0 Å². The quantitative estimate of drug-likeness (QED) is 0.533. The van der Waals surface area contributed by atoms with E-state index >= 15 is 0 Å². The van der Waals surface area contributed by atoms with Crippen molar-refractivity contribution in [1.82, 2.24) is 10.6 Å². The van der Waals surface area contributed by atoms with Crippen molar-refractivity contribution < 1.29 is 29.0 Å². The molecule has 1 heterocycles. The average molecular weight is 481 g/mol. The monoisotopic (exact) mass is 480 g/mol. The van der Waals surface area contributed by atoms with Crippen molar-refractivity contribution in [3.05, 3.63) is 59.7 Å². The van der Waals surface area contributed by atoms with E-state index in [0.717, 1.165) is 22.3 Å². The Labute approximate surface area is 205 Å². The Hall–Kier alpha value is -3.39. The molecule has 3 N–H and O–H groups in total. The highest BCUT2D eigenvalue weighted by Gasteiger charge is 2.43. The smallest absolute Gasteiger partial charge is 0.407 e. The summed E-state index contributed by atoms with van der Waals surface area (Å²) in [5, 5.41) is 15.2. The second-order valence-corrected chi connectivity index (χ2v) is 9.55. The van der Waals surface area contributed by atoms with E-state index in [4.69, 9.17) is 9.47 Å². The van der Waals surface area contributed by atoms with Gasteiger partial charge in [0, 0.05) is 38.5 Å². The molecule has 0 saturated carbocycles. The first-order valence-electron chi connectivity index (χ1n) is 12.0. The first-order chi connectivity index (χ1) is 16.8. The SMILES string of the molecule is CC(C)C(CNC(=O)OCC1c2ccccc2-c2ccccc21)C(=O)NC1(C(=O)O)CCOCC1. The molecule has 1 aliphatic heterocycles. The van der Waals surface area contributed by atoms with E-state index in [2.05, 4.69) is 34.9 Å². The van der Waals surface area contributed by atoms with E-state index < -0.39 is 29.4 Å². The Morgan fingerprint density at radius 2 is 1.60 bits per heavy atom. The fourth-order valence-electron chi connectivity index (χ4n) is 4.91. The van der Waals surface area contributed by atoms with Gasteiger partial charge in [0.2, 0.25) is 5.91 Å². The largest absolute Gasteiger partial charge is 0.480 e.